The number of aromatic hydroxyl groups is 1. The Kier molecular flexibility index (Phi) is 3.53. The maximum Gasteiger partial charge on any atom is 0.336 e. The summed E-state index contributed by atoms with van der Waals surface area (Å²) in [6.45, 7) is 0. The van der Waals surface area contributed by atoms with E-state index in [4.69, 9.17) is 4.42 Å². The van der Waals surface area contributed by atoms with Gasteiger partial charge in [-0.05, 0) is 30.3 Å². The first-order valence-electron chi connectivity index (χ1n) is 6.40. The zero-order chi connectivity index (χ0) is 16.6. The van der Waals surface area contributed by atoms with E-state index >= 15 is 0 Å². The van der Waals surface area contributed by atoms with Crippen LogP contribution in [0.2, 0.25) is 0 Å². The predicted molar refractivity (Wildman–Crippen MR) is 81.4 cm³/mol. The molecule has 3 rings (SSSR count). The van der Waals surface area contributed by atoms with Crippen LogP contribution in [0.15, 0.2) is 62.6 Å². The molecule has 0 fully saturated rings. The molecule has 0 atom stereocenters. The summed E-state index contributed by atoms with van der Waals surface area (Å²) in [6, 6.07) is 9.43. The van der Waals surface area contributed by atoms with Gasteiger partial charge >= 0.3 is 5.63 Å². The van der Waals surface area contributed by atoms with Crippen molar-refractivity contribution in [2.75, 3.05) is 4.72 Å². The summed E-state index contributed by atoms with van der Waals surface area (Å²) in [7, 11) is -4.00. The molecule has 0 spiro atoms. The van der Waals surface area contributed by atoms with E-state index in [2.05, 4.69) is 4.72 Å². The highest BCUT2D eigenvalue weighted by Crippen LogP contribution is 2.23. The Morgan fingerprint density at radius 1 is 1.04 bits per heavy atom. The number of hydrogen-bond acceptors (Lipinski definition) is 5. The van der Waals surface area contributed by atoms with Gasteiger partial charge in [-0.1, -0.05) is 0 Å². The molecule has 0 aliphatic rings. The first-order chi connectivity index (χ1) is 10.8. The normalized spacial score (nSPS) is 11.5. The van der Waals surface area contributed by atoms with Crippen LogP contribution in [0.3, 0.4) is 0 Å². The third-order valence-electron chi connectivity index (χ3n) is 3.04. The summed E-state index contributed by atoms with van der Waals surface area (Å²) < 4.78 is 45.0. The highest BCUT2D eigenvalue weighted by molar-refractivity contribution is 7.92. The van der Waals surface area contributed by atoms with Crippen LogP contribution in [0.1, 0.15) is 0 Å². The van der Waals surface area contributed by atoms with E-state index in [9.17, 15) is 22.7 Å². The Morgan fingerprint density at radius 2 is 1.83 bits per heavy atom. The van der Waals surface area contributed by atoms with Crippen molar-refractivity contribution < 1.29 is 22.3 Å². The van der Waals surface area contributed by atoms with Gasteiger partial charge in [-0.25, -0.2) is 17.6 Å². The van der Waals surface area contributed by atoms with E-state index in [-0.39, 0.29) is 16.2 Å². The molecule has 0 bridgehead atoms. The van der Waals surface area contributed by atoms with E-state index in [1.165, 1.54) is 30.3 Å². The molecule has 118 valence electrons. The molecule has 0 amide bonds. The highest BCUT2D eigenvalue weighted by Gasteiger charge is 2.16. The molecule has 3 aromatic rings. The van der Waals surface area contributed by atoms with E-state index in [1.54, 1.807) is 0 Å². The van der Waals surface area contributed by atoms with E-state index in [0.717, 1.165) is 18.2 Å². The van der Waals surface area contributed by atoms with Crippen molar-refractivity contribution in [2.24, 2.45) is 0 Å². The Labute approximate surface area is 129 Å². The van der Waals surface area contributed by atoms with E-state index < -0.39 is 27.2 Å². The molecular formula is C15H10FNO5S. The van der Waals surface area contributed by atoms with Gasteiger partial charge in [0, 0.05) is 23.6 Å². The van der Waals surface area contributed by atoms with Crippen LogP contribution in [0.5, 0.6) is 5.75 Å². The Bertz CT molecular complexity index is 1040. The molecule has 23 heavy (non-hydrogen) atoms. The van der Waals surface area contributed by atoms with Crippen LogP contribution < -0.4 is 10.3 Å². The monoisotopic (exact) mass is 335 g/mol. The first-order valence-corrected chi connectivity index (χ1v) is 7.88. The fourth-order valence-electron chi connectivity index (χ4n) is 2.06. The maximum atomic E-state index is 13.2. The van der Waals surface area contributed by atoms with Crippen LogP contribution in [0.25, 0.3) is 11.0 Å². The van der Waals surface area contributed by atoms with Crippen molar-refractivity contribution >= 4 is 26.7 Å². The highest BCUT2D eigenvalue weighted by atomic mass is 32.2. The molecule has 0 aliphatic heterocycles. The molecule has 2 N–H and O–H groups in total. The van der Waals surface area contributed by atoms with Gasteiger partial charge in [-0.3, -0.25) is 4.72 Å². The number of phenolic OH excluding ortho intramolecular Hbond substituents is 1. The van der Waals surface area contributed by atoms with Gasteiger partial charge in [-0.15, -0.1) is 0 Å². The largest absolute Gasteiger partial charge is 0.508 e. The van der Waals surface area contributed by atoms with Gasteiger partial charge in [0.2, 0.25) is 0 Å². The molecular weight excluding hydrogens is 325 g/mol. The number of phenols is 1. The van der Waals surface area contributed by atoms with Crippen molar-refractivity contribution in [3.63, 3.8) is 0 Å². The molecule has 1 aromatic heterocycles. The minimum absolute atomic E-state index is 0.0948. The molecule has 0 saturated heterocycles. The van der Waals surface area contributed by atoms with Crippen LogP contribution in [-0.2, 0) is 10.0 Å². The summed E-state index contributed by atoms with van der Waals surface area (Å²) in [5.41, 5.74) is -0.400. The minimum Gasteiger partial charge on any atom is -0.508 e. The summed E-state index contributed by atoms with van der Waals surface area (Å²) in [5, 5.41) is 9.74. The summed E-state index contributed by atoms with van der Waals surface area (Å²) >= 11 is 0. The van der Waals surface area contributed by atoms with E-state index in [0.29, 0.717) is 5.39 Å². The number of nitrogens with one attached hydrogen (secondary N) is 1. The third-order valence-corrected chi connectivity index (χ3v) is 4.41. The van der Waals surface area contributed by atoms with Gasteiger partial charge in [-0.2, -0.15) is 0 Å². The zero-order valence-corrected chi connectivity index (χ0v) is 12.3. The quantitative estimate of drug-likeness (QED) is 0.717. The third kappa shape index (κ3) is 3.16. The van der Waals surface area contributed by atoms with Crippen molar-refractivity contribution in [1.82, 2.24) is 0 Å². The molecule has 0 aliphatic carbocycles. The second-order valence-corrected chi connectivity index (χ2v) is 6.44. The lowest BCUT2D eigenvalue weighted by Gasteiger charge is -2.09. The number of anilines is 1. The Balaban J connectivity index is 2.02. The molecule has 0 saturated carbocycles. The number of fused-ring (bicyclic) bond motifs is 1. The number of halogens is 1. The van der Waals surface area contributed by atoms with Crippen molar-refractivity contribution in [3.8, 4) is 5.75 Å². The van der Waals surface area contributed by atoms with Crippen LogP contribution >= 0.6 is 0 Å². The second-order valence-electron chi connectivity index (χ2n) is 4.76. The SMILES string of the molecule is O=c1ccc2cc(S(=O)(=O)Nc3cc(O)cc(F)c3)ccc2o1. The lowest BCUT2D eigenvalue weighted by Crippen LogP contribution is -2.13. The number of sulfonamides is 1. The molecule has 0 unspecified atom stereocenters. The van der Waals surface area contributed by atoms with Gasteiger partial charge < -0.3 is 9.52 Å². The molecule has 1 heterocycles. The van der Waals surface area contributed by atoms with Gasteiger partial charge in [0.05, 0.1) is 10.6 Å². The molecule has 6 nitrogen and oxygen atoms in total. The fraction of sp³-hybridized carbons (Fsp3) is 0. The van der Waals surface area contributed by atoms with Crippen LogP contribution in [0.4, 0.5) is 10.1 Å². The van der Waals surface area contributed by atoms with Crippen LogP contribution in [-0.4, -0.2) is 13.5 Å². The van der Waals surface area contributed by atoms with Gasteiger partial charge in [0.15, 0.2) is 0 Å². The Hall–Kier alpha value is -2.87. The standard InChI is InChI=1S/C15H10FNO5S/c16-10-6-11(8-12(18)7-10)17-23(20,21)13-2-3-14-9(5-13)1-4-15(19)22-14/h1-8,17-18H. The summed E-state index contributed by atoms with van der Waals surface area (Å²) in [4.78, 5) is 11.0. The van der Waals surface area contributed by atoms with Gasteiger partial charge in [0.1, 0.15) is 17.1 Å². The molecule has 8 heteroatoms. The zero-order valence-electron chi connectivity index (χ0n) is 11.5. The molecule has 2 aromatic carbocycles. The second kappa shape index (κ2) is 5.40. The minimum atomic E-state index is -4.00. The average molecular weight is 335 g/mol. The fourth-order valence-corrected chi connectivity index (χ4v) is 3.14. The van der Waals surface area contributed by atoms with Crippen molar-refractivity contribution in [1.29, 1.82) is 0 Å². The Morgan fingerprint density at radius 3 is 2.57 bits per heavy atom. The predicted octanol–water partition coefficient (Wildman–Crippen LogP) is 2.44. The number of rotatable bonds is 3. The van der Waals surface area contributed by atoms with Crippen LogP contribution in [0, 0.1) is 5.82 Å². The number of benzene rings is 2. The lowest BCUT2D eigenvalue weighted by molar-refractivity contribution is 0.469. The van der Waals surface area contributed by atoms with Gasteiger partial charge in [0.25, 0.3) is 10.0 Å². The van der Waals surface area contributed by atoms with Crippen molar-refractivity contribution in [3.05, 3.63) is 64.8 Å². The smallest absolute Gasteiger partial charge is 0.336 e. The lowest BCUT2D eigenvalue weighted by atomic mass is 10.2. The summed E-state index contributed by atoms with van der Waals surface area (Å²) in [6.07, 6.45) is 0. The molecule has 0 radical (unpaired) electrons. The topological polar surface area (TPSA) is 96.6 Å². The number of hydrogen-bond donors (Lipinski definition) is 2. The van der Waals surface area contributed by atoms with Crippen molar-refractivity contribution in [2.45, 2.75) is 4.90 Å². The first kappa shape index (κ1) is 15.0. The van der Waals surface area contributed by atoms with E-state index in [1.807, 2.05) is 0 Å². The maximum absolute atomic E-state index is 13.2. The summed E-state index contributed by atoms with van der Waals surface area (Å²) in [5.74, 6) is -1.18. The average Bonchev–Trinajstić information content (AvgIpc) is 2.44.